The zero-order valence-electron chi connectivity index (χ0n) is 8.68. The summed E-state index contributed by atoms with van der Waals surface area (Å²) in [4.78, 5) is 21.6. The van der Waals surface area contributed by atoms with Gasteiger partial charge in [0, 0.05) is 6.42 Å². The number of ketones is 1. The number of aliphatic carboxylic acids is 1. The van der Waals surface area contributed by atoms with Crippen molar-refractivity contribution in [2.45, 2.75) is 6.42 Å². The fraction of sp³-hybridized carbons (Fsp3) is 0.167. The number of carbonyl (C=O) groups is 2. The third kappa shape index (κ3) is 3.57. The Kier molecular flexibility index (Phi) is 4.27. The smallest absolute Gasteiger partial charge is 0.338 e. The lowest BCUT2D eigenvalue weighted by atomic mass is 10.1. The maximum Gasteiger partial charge on any atom is 0.338 e. The predicted molar refractivity (Wildman–Crippen MR) is 58.3 cm³/mol. The van der Waals surface area contributed by atoms with E-state index in [1.807, 2.05) is 18.2 Å². The first kappa shape index (κ1) is 12.0. The lowest BCUT2D eigenvalue weighted by Crippen LogP contribution is -2.14. The molecule has 1 N–H and O–H groups in total. The normalized spacial score (nSPS) is 9.50. The van der Waals surface area contributed by atoms with Crippen LogP contribution in [0.3, 0.4) is 0 Å². The van der Waals surface area contributed by atoms with Crippen LogP contribution in [0.15, 0.2) is 42.5 Å². The van der Waals surface area contributed by atoms with Gasteiger partial charge in [0.1, 0.15) is 5.75 Å². The monoisotopic (exact) mass is 220 g/mol. The molecular formula is C12H12O4. The van der Waals surface area contributed by atoms with E-state index in [9.17, 15) is 9.59 Å². The molecule has 0 saturated carbocycles. The van der Waals surface area contributed by atoms with Crippen molar-refractivity contribution in [3.05, 3.63) is 42.5 Å². The summed E-state index contributed by atoms with van der Waals surface area (Å²) in [7, 11) is 0. The van der Waals surface area contributed by atoms with Crippen LogP contribution in [0.5, 0.6) is 5.75 Å². The molecule has 1 rings (SSSR count). The lowest BCUT2D eigenvalue weighted by Gasteiger charge is -2.04. The van der Waals surface area contributed by atoms with Crippen LogP contribution in [-0.4, -0.2) is 23.5 Å². The van der Waals surface area contributed by atoms with Crippen LogP contribution >= 0.6 is 0 Å². The van der Waals surface area contributed by atoms with E-state index in [0.717, 1.165) is 0 Å². The van der Waals surface area contributed by atoms with Crippen molar-refractivity contribution in [2.24, 2.45) is 0 Å². The molecule has 0 unspecified atom stereocenters. The van der Waals surface area contributed by atoms with E-state index in [-0.39, 0.29) is 13.0 Å². The van der Waals surface area contributed by atoms with Gasteiger partial charge in [0.05, 0.1) is 12.2 Å². The van der Waals surface area contributed by atoms with Gasteiger partial charge in [-0.3, -0.25) is 4.79 Å². The molecule has 0 amide bonds. The van der Waals surface area contributed by atoms with Gasteiger partial charge in [-0.15, -0.1) is 0 Å². The molecule has 16 heavy (non-hydrogen) atoms. The van der Waals surface area contributed by atoms with Crippen molar-refractivity contribution < 1.29 is 19.4 Å². The number of para-hydroxylation sites is 1. The third-order valence-corrected chi connectivity index (χ3v) is 1.94. The largest absolute Gasteiger partial charge is 0.493 e. The average molecular weight is 220 g/mol. The van der Waals surface area contributed by atoms with Crippen LogP contribution in [-0.2, 0) is 9.59 Å². The second-order valence-electron chi connectivity index (χ2n) is 3.12. The molecule has 84 valence electrons. The lowest BCUT2D eigenvalue weighted by molar-refractivity contribution is -0.134. The van der Waals surface area contributed by atoms with E-state index in [2.05, 4.69) is 6.58 Å². The minimum Gasteiger partial charge on any atom is -0.493 e. The Morgan fingerprint density at radius 1 is 1.25 bits per heavy atom. The van der Waals surface area contributed by atoms with Crippen molar-refractivity contribution in [3.63, 3.8) is 0 Å². The zero-order chi connectivity index (χ0) is 12.0. The summed E-state index contributed by atoms with van der Waals surface area (Å²) in [6, 6.07) is 9.00. The third-order valence-electron chi connectivity index (χ3n) is 1.94. The number of carboxylic acids is 1. The standard InChI is InChI=1S/C12H12O4/c1-9(12(14)15)11(13)7-8-16-10-5-3-2-4-6-10/h2-6H,1,7-8H2,(H,14,15). The van der Waals surface area contributed by atoms with Crippen molar-refractivity contribution in [2.75, 3.05) is 6.61 Å². The SMILES string of the molecule is C=C(C(=O)O)C(=O)CCOc1ccccc1. The van der Waals surface area contributed by atoms with Gasteiger partial charge in [-0.2, -0.15) is 0 Å². The summed E-state index contributed by atoms with van der Waals surface area (Å²) in [5, 5.41) is 8.51. The Hall–Kier alpha value is -2.10. The molecule has 0 aliphatic carbocycles. The van der Waals surface area contributed by atoms with Crippen LogP contribution in [0.2, 0.25) is 0 Å². The summed E-state index contributed by atoms with van der Waals surface area (Å²) < 4.78 is 5.25. The quantitative estimate of drug-likeness (QED) is 0.450. The van der Waals surface area contributed by atoms with Gasteiger partial charge >= 0.3 is 5.97 Å². The topological polar surface area (TPSA) is 63.6 Å². The Bertz CT molecular complexity index is 395. The predicted octanol–water partition coefficient (Wildman–Crippen LogP) is 1.67. The fourth-order valence-electron chi connectivity index (χ4n) is 1.05. The number of Topliss-reactive ketones (excluding diaryl/α,β-unsaturated/α-hetero) is 1. The highest BCUT2D eigenvalue weighted by atomic mass is 16.5. The molecule has 0 fully saturated rings. The molecule has 0 saturated heterocycles. The molecule has 4 heteroatoms. The van der Waals surface area contributed by atoms with E-state index in [1.165, 1.54) is 0 Å². The second kappa shape index (κ2) is 5.70. The van der Waals surface area contributed by atoms with Crippen LogP contribution in [0.25, 0.3) is 0 Å². The first-order valence-corrected chi connectivity index (χ1v) is 4.74. The van der Waals surface area contributed by atoms with Gasteiger partial charge in [-0.25, -0.2) is 4.79 Å². The molecule has 0 heterocycles. The van der Waals surface area contributed by atoms with Crippen molar-refractivity contribution in [3.8, 4) is 5.75 Å². The van der Waals surface area contributed by atoms with Crippen molar-refractivity contribution in [1.82, 2.24) is 0 Å². The average Bonchev–Trinajstić information content (AvgIpc) is 2.29. The highest BCUT2D eigenvalue weighted by Gasteiger charge is 2.13. The molecular weight excluding hydrogens is 208 g/mol. The first-order valence-electron chi connectivity index (χ1n) is 4.74. The Labute approximate surface area is 93.2 Å². The van der Waals surface area contributed by atoms with E-state index in [4.69, 9.17) is 9.84 Å². The first-order chi connectivity index (χ1) is 7.61. The van der Waals surface area contributed by atoms with Crippen LogP contribution in [0.1, 0.15) is 6.42 Å². The molecule has 1 aromatic rings. The molecule has 0 aliphatic heterocycles. The Morgan fingerprint density at radius 3 is 2.44 bits per heavy atom. The summed E-state index contributed by atoms with van der Waals surface area (Å²) in [5.74, 6) is -1.15. The summed E-state index contributed by atoms with van der Waals surface area (Å²) in [6.07, 6.45) is 0.0139. The van der Waals surface area contributed by atoms with E-state index >= 15 is 0 Å². The van der Waals surface area contributed by atoms with Gasteiger partial charge in [0.15, 0.2) is 5.78 Å². The number of benzene rings is 1. The molecule has 0 aliphatic rings. The minimum absolute atomic E-state index is 0.0139. The van der Waals surface area contributed by atoms with Crippen LogP contribution in [0, 0.1) is 0 Å². The highest BCUT2D eigenvalue weighted by Crippen LogP contribution is 2.09. The highest BCUT2D eigenvalue weighted by molar-refractivity contribution is 6.15. The number of rotatable bonds is 6. The fourth-order valence-corrected chi connectivity index (χ4v) is 1.05. The number of carbonyl (C=O) groups excluding carboxylic acids is 1. The molecule has 4 nitrogen and oxygen atoms in total. The van der Waals surface area contributed by atoms with Crippen LogP contribution in [0.4, 0.5) is 0 Å². The molecule has 0 atom stereocenters. The van der Waals surface area contributed by atoms with Gasteiger partial charge in [-0.05, 0) is 12.1 Å². The van der Waals surface area contributed by atoms with Gasteiger partial charge in [0.25, 0.3) is 0 Å². The molecule has 0 aromatic heterocycles. The van der Waals surface area contributed by atoms with Gasteiger partial charge < -0.3 is 9.84 Å². The van der Waals surface area contributed by atoms with E-state index in [0.29, 0.717) is 5.75 Å². The summed E-state index contributed by atoms with van der Waals surface area (Å²) in [5.41, 5.74) is -0.406. The van der Waals surface area contributed by atoms with E-state index in [1.54, 1.807) is 12.1 Å². The van der Waals surface area contributed by atoms with Crippen LogP contribution < -0.4 is 4.74 Å². The zero-order valence-corrected chi connectivity index (χ0v) is 8.68. The molecule has 0 bridgehead atoms. The van der Waals surface area contributed by atoms with Gasteiger partial charge in [0.2, 0.25) is 0 Å². The van der Waals surface area contributed by atoms with Gasteiger partial charge in [-0.1, -0.05) is 24.8 Å². The number of ether oxygens (including phenoxy) is 1. The Morgan fingerprint density at radius 2 is 1.88 bits per heavy atom. The van der Waals surface area contributed by atoms with E-state index < -0.39 is 17.3 Å². The number of hydrogen-bond acceptors (Lipinski definition) is 3. The van der Waals surface area contributed by atoms with Crippen molar-refractivity contribution in [1.29, 1.82) is 0 Å². The Balaban J connectivity index is 2.34. The summed E-state index contributed by atoms with van der Waals surface area (Å²) in [6.45, 7) is 3.32. The maximum atomic E-state index is 11.2. The molecule has 0 radical (unpaired) electrons. The summed E-state index contributed by atoms with van der Waals surface area (Å²) >= 11 is 0. The van der Waals surface area contributed by atoms with Crippen molar-refractivity contribution >= 4 is 11.8 Å². The molecule has 0 spiro atoms. The minimum atomic E-state index is -1.29. The number of hydrogen-bond donors (Lipinski definition) is 1. The maximum absolute atomic E-state index is 11.2. The second-order valence-corrected chi connectivity index (χ2v) is 3.12. The number of carboxylic acid groups (broad SMARTS) is 1. The molecule has 1 aromatic carbocycles.